The van der Waals surface area contributed by atoms with Crippen LogP contribution in [-0.4, -0.2) is 34.9 Å². The van der Waals surface area contributed by atoms with E-state index in [0.29, 0.717) is 18.7 Å². The van der Waals surface area contributed by atoms with Gasteiger partial charge in [-0.05, 0) is 35.4 Å². The van der Waals surface area contributed by atoms with Gasteiger partial charge in [0.1, 0.15) is 9.39 Å². The molecule has 0 bridgehead atoms. The molecule has 1 aromatic heterocycles. The summed E-state index contributed by atoms with van der Waals surface area (Å²) in [5.41, 5.74) is 6.23. The Morgan fingerprint density at radius 3 is 2.88 bits per heavy atom. The average molecular weight is 356 g/mol. The third-order valence-electron chi connectivity index (χ3n) is 2.68. The van der Waals surface area contributed by atoms with E-state index in [0.717, 1.165) is 15.8 Å². The normalized spacial score (nSPS) is 24.5. The molecule has 16 heavy (non-hydrogen) atoms. The number of halogens is 1. The Balaban J connectivity index is 2.27. The van der Waals surface area contributed by atoms with Crippen molar-refractivity contribution in [2.24, 2.45) is 5.73 Å². The minimum Gasteiger partial charge on any atom is -0.325 e. The largest absolute Gasteiger partial charge is 0.325 e. The smallest absolute Gasteiger partial charge is 0.152 e. The van der Waals surface area contributed by atoms with Gasteiger partial charge in [0, 0.05) is 6.54 Å². The number of hydrogen-bond acceptors (Lipinski definition) is 5. The average Bonchev–Trinajstić information content (AvgIpc) is 2.58. The summed E-state index contributed by atoms with van der Waals surface area (Å²) in [7, 11) is -2.92. The Morgan fingerprint density at radius 2 is 2.31 bits per heavy atom. The highest BCUT2D eigenvalue weighted by Gasteiger charge is 2.28. The van der Waals surface area contributed by atoms with Crippen molar-refractivity contribution in [2.75, 3.05) is 11.5 Å². The van der Waals surface area contributed by atoms with Gasteiger partial charge < -0.3 is 5.73 Å². The Labute approximate surface area is 108 Å². The van der Waals surface area contributed by atoms with E-state index < -0.39 is 9.84 Å². The van der Waals surface area contributed by atoms with Crippen molar-refractivity contribution < 1.29 is 8.42 Å². The van der Waals surface area contributed by atoms with Crippen LogP contribution < -0.4 is 5.73 Å². The van der Waals surface area contributed by atoms with Gasteiger partial charge >= 0.3 is 0 Å². The molecule has 1 aliphatic rings. The van der Waals surface area contributed by atoms with Crippen LogP contribution in [0.3, 0.4) is 0 Å². The van der Waals surface area contributed by atoms with E-state index in [1.807, 2.05) is 0 Å². The molecule has 1 saturated heterocycles. The fraction of sp³-hybridized carbons (Fsp3) is 0.750. The molecule has 1 fully saturated rings. The molecule has 0 radical (unpaired) electrons. The SMILES string of the molecule is NCc1nnn(C2CCCS(=O)(=O)C2)c1I. The quantitative estimate of drug-likeness (QED) is 0.759. The van der Waals surface area contributed by atoms with Crippen molar-refractivity contribution in [3.8, 4) is 0 Å². The van der Waals surface area contributed by atoms with E-state index in [1.165, 1.54) is 0 Å². The number of nitrogens with zero attached hydrogens (tertiary/aromatic N) is 3. The second kappa shape index (κ2) is 4.57. The molecule has 0 spiro atoms. The first kappa shape index (κ1) is 12.2. The lowest BCUT2D eigenvalue weighted by molar-refractivity contribution is 0.419. The maximum atomic E-state index is 11.5. The molecule has 0 amide bonds. The van der Waals surface area contributed by atoms with E-state index in [-0.39, 0.29) is 11.8 Å². The fourth-order valence-corrected chi connectivity index (χ4v) is 4.35. The van der Waals surface area contributed by atoms with E-state index in [1.54, 1.807) is 4.68 Å². The van der Waals surface area contributed by atoms with Crippen LogP contribution in [-0.2, 0) is 16.4 Å². The van der Waals surface area contributed by atoms with E-state index in [2.05, 4.69) is 32.9 Å². The summed E-state index contributed by atoms with van der Waals surface area (Å²) >= 11 is 2.11. The van der Waals surface area contributed by atoms with E-state index >= 15 is 0 Å². The van der Waals surface area contributed by atoms with Gasteiger partial charge in [-0.2, -0.15) is 0 Å². The van der Waals surface area contributed by atoms with Crippen molar-refractivity contribution in [2.45, 2.75) is 25.4 Å². The lowest BCUT2D eigenvalue weighted by atomic mass is 10.2. The number of rotatable bonds is 2. The summed E-state index contributed by atoms with van der Waals surface area (Å²) < 4.78 is 25.6. The van der Waals surface area contributed by atoms with Crippen molar-refractivity contribution in [3.05, 3.63) is 9.39 Å². The van der Waals surface area contributed by atoms with E-state index in [9.17, 15) is 8.42 Å². The van der Waals surface area contributed by atoms with Crippen LogP contribution in [0.15, 0.2) is 0 Å². The molecule has 1 atom stereocenters. The minimum atomic E-state index is -2.92. The minimum absolute atomic E-state index is 0.0848. The van der Waals surface area contributed by atoms with Crippen LogP contribution >= 0.6 is 22.6 Å². The second-order valence-electron chi connectivity index (χ2n) is 3.89. The lowest BCUT2D eigenvalue weighted by Gasteiger charge is -2.22. The first-order chi connectivity index (χ1) is 7.53. The van der Waals surface area contributed by atoms with Crippen molar-refractivity contribution in [1.82, 2.24) is 15.0 Å². The summed E-state index contributed by atoms with van der Waals surface area (Å²) in [5.74, 6) is 0.453. The lowest BCUT2D eigenvalue weighted by Crippen LogP contribution is -2.28. The molecule has 1 aromatic rings. The summed E-state index contributed by atoms with van der Waals surface area (Å²) in [4.78, 5) is 0. The van der Waals surface area contributed by atoms with Gasteiger partial charge in [0.05, 0.1) is 17.5 Å². The molecule has 2 rings (SSSR count). The van der Waals surface area contributed by atoms with Crippen LogP contribution in [0.5, 0.6) is 0 Å². The third kappa shape index (κ3) is 2.38. The zero-order valence-electron chi connectivity index (χ0n) is 8.63. The standard InChI is InChI=1S/C8H13IN4O2S/c9-8-7(4-10)11-12-13(8)6-2-1-3-16(14,15)5-6/h6H,1-5,10H2. The number of nitrogens with two attached hydrogens (primary N) is 1. The molecule has 1 aliphatic heterocycles. The Hall–Kier alpha value is -0.220. The maximum absolute atomic E-state index is 11.5. The number of sulfone groups is 1. The van der Waals surface area contributed by atoms with Gasteiger partial charge in [-0.1, -0.05) is 5.21 Å². The summed E-state index contributed by atoms with van der Waals surface area (Å²) in [6.07, 6.45) is 1.53. The topological polar surface area (TPSA) is 90.9 Å². The Kier molecular flexibility index (Phi) is 3.50. The molecule has 2 heterocycles. The van der Waals surface area contributed by atoms with Crippen LogP contribution in [0, 0.1) is 3.70 Å². The Morgan fingerprint density at radius 1 is 1.56 bits per heavy atom. The highest BCUT2D eigenvalue weighted by atomic mass is 127. The molecule has 2 N–H and O–H groups in total. The van der Waals surface area contributed by atoms with Crippen molar-refractivity contribution in [1.29, 1.82) is 0 Å². The van der Waals surface area contributed by atoms with Gasteiger partial charge in [-0.25, -0.2) is 13.1 Å². The van der Waals surface area contributed by atoms with Crippen LogP contribution in [0.25, 0.3) is 0 Å². The van der Waals surface area contributed by atoms with Crippen molar-refractivity contribution >= 4 is 32.4 Å². The van der Waals surface area contributed by atoms with Gasteiger partial charge in [0.15, 0.2) is 9.84 Å². The van der Waals surface area contributed by atoms with Crippen LogP contribution in [0.2, 0.25) is 0 Å². The highest BCUT2D eigenvalue weighted by molar-refractivity contribution is 14.1. The zero-order chi connectivity index (χ0) is 11.8. The van der Waals surface area contributed by atoms with Gasteiger partial charge in [0.25, 0.3) is 0 Å². The maximum Gasteiger partial charge on any atom is 0.152 e. The van der Waals surface area contributed by atoms with E-state index in [4.69, 9.17) is 5.73 Å². The molecule has 6 nitrogen and oxygen atoms in total. The zero-order valence-corrected chi connectivity index (χ0v) is 11.6. The molecule has 0 saturated carbocycles. The third-order valence-corrected chi connectivity index (χ3v) is 5.60. The first-order valence-corrected chi connectivity index (χ1v) is 7.93. The highest BCUT2D eigenvalue weighted by Crippen LogP contribution is 2.25. The summed E-state index contributed by atoms with van der Waals surface area (Å²) in [6, 6.07) is -0.0848. The second-order valence-corrected chi connectivity index (χ2v) is 7.14. The molecular formula is C8H13IN4O2S. The van der Waals surface area contributed by atoms with Gasteiger partial charge in [-0.3, -0.25) is 0 Å². The number of hydrogen-bond donors (Lipinski definition) is 1. The molecule has 0 aliphatic carbocycles. The molecule has 90 valence electrons. The predicted molar refractivity (Wildman–Crippen MR) is 67.6 cm³/mol. The fourth-order valence-electron chi connectivity index (χ4n) is 1.86. The molecular weight excluding hydrogens is 343 g/mol. The molecule has 0 aromatic carbocycles. The van der Waals surface area contributed by atoms with Crippen molar-refractivity contribution in [3.63, 3.8) is 0 Å². The Bertz CT molecular complexity index is 484. The van der Waals surface area contributed by atoms with Gasteiger partial charge in [0.2, 0.25) is 0 Å². The predicted octanol–water partition coefficient (Wildman–Crippen LogP) is 0.0911. The molecule has 8 heteroatoms. The van der Waals surface area contributed by atoms with Gasteiger partial charge in [-0.15, -0.1) is 5.10 Å². The molecule has 1 unspecified atom stereocenters. The first-order valence-electron chi connectivity index (χ1n) is 5.03. The number of aromatic nitrogens is 3. The summed E-state index contributed by atoms with van der Waals surface area (Å²) in [5, 5.41) is 7.93. The summed E-state index contributed by atoms with van der Waals surface area (Å²) in [6.45, 7) is 0.331. The monoisotopic (exact) mass is 356 g/mol. The van der Waals surface area contributed by atoms with Crippen LogP contribution in [0.1, 0.15) is 24.6 Å². The van der Waals surface area contributed by atoms with Crippen LogP contribution in [0.4, 0.5) is 0 Å².